The van der Waals surface area contributed by atoms with Crippen LogP contribution in [-0.2, 0) is 0 Å². The molecule has 6 rings (SSSR count). The predicted molar refractivity (Wildman–Crippen MR) is 155 cm³/mol. The molecule has 2 aromatic heterocycles. The van der Waals surface area contributed by atoms with Gasteiger partial charge < -0.3 is 9.80 Å². The summed E-state index contributed by atoms with van der Waals surface area (Å²) in [6, 6.07) is 14.9. The third-order valence-electron chi connectivity index (χ3n) is 7.04. The molecule has 0 saturated carbocycles. The number of aromatic nitrogens is 2. The smallest absolute Gasteiger partial charge is 0.0737 e. The number of hydrogen-bond acceptors (Lipinski definition) is 6. The fourth-order valence-electron chi connectivity index (χ4n) is 5.09. The minimum atomic E-state index is -2.82. The number of piperazine rings is 2. The van der Waals surface area contributed by atoms with Crippen molar-refractivity contribution in [3.63, 3.8) is 0 Å². The van der Waals surface area contributed by atoms with Gasteiger partial charge in [0.1, 0.15) is 0 Å². The number of hydrogen-bond donors (Lipinski definition) is 0. The Morgan fingerprint density at radius 2 is 1.32 bits per heavy atom. The first kappa shape index (κ1) is 18.6. The molecule has 0 radical (unpaired) electrons. The van der Waals surface area contributed by atoms with Crippen LogP contribution in [0.15, 0.2) is 60.9 Å². The Labute approximate surface area is 236 Å². The number of nitrogens with zero attached hydrogens (tertiary/aromatic N) is 6. The van der Waals surface area contributed by atoms with Crippen LogP contribution in [0.25, 0.3) is 21.8 Å². The first-order valence-corrected chi connectivity index (χ1v) is 13.2. The second-order valence-corrected chi connectivity index (χ2v) is 10.1. The van der Waals surface area contributed by atoms with E-state index in [0.717, 1.165) is 33.2 Å². The van der Waals surface area contributed by atoms with Crippen LogP contribution >= 0.6 is 23.2 Å². The summed E-state index contributed by atoms with van der Waals surface area (Å²) in [4.78, 5) is 15.9. The van der Waals surface area contributed by atoms with E-state index in [2.05, 4.69) is 19.8 Å². The maximum absolute atomic E-state index is 8.89. The molecule has 2 aliphatic rings. The van der Waals surface area contributed by atoms with E-state index in [4.69, 9.17) is 31.4 Å². The standard InChI is InChI=1S/C29H32Cl2N6/c30-22-5-6-23-26(21-22)33-9-7-27(23)36-17-13-34(14-18-36)11-2-12-35-15-19-37(20-16-35)28-8-10-32-25-4-1-3-24(31)29(25)28/h1,3-10,21H,2,11-20H2/i2D2,11D2,12D2. The van der Waals surface area contributed by atoms with E-state index in [-0.39, 0.29) is 26.2 Å². The van der Waals surface area contributed by atoms with Gasteiger partial charge in [0.05, 0.1) is 16.1 Å². The molecule has 192 valence electrons. The third kappa shape index (κ3) is 5.34. The fraction of sp³-hybridized carbons (Fsp3) is 0.379. The van der Waals surface area contributed by atoms with Gasteiger partial charge in [-0.15, -0.1) is 0 Å². The zero-order valence-corrected chi connectivity index (χ0v) is 21.9. The molecule has 4 heterocycles. The summed E-state index contributed by atoms with van der Waals surface area (Å²) in [5.74, 6) is 0. The minimum absolute atomic E-state index is 0.226. The molecule has 0 amide bonds. The van der Waals surface area contributed by atoms with Gasteiger partial charge in [0.2, 0.25) is 0 Å². The lowest BCUT2D eigenvalue weighted by Gasteiger charge is -2.38. The molecule has 0 bridgehead atoms. The van der Waals surface area contributed by atoms with Gasteiger partial charge in [-0.2, -0.15) is 0 Å². The van der Waals surface area contributed by atoms with Gasteiger partial charge >= 0.3 is 0 Å². The van der Waals surface area contributed by atoms with Gasteiger partial charge in [0.15, 0.2) is 0 Å². The Kier molecular flexibility index (Phi) is 5.52. The first-order valence-electron chi connectivity index (χ1n) is 15.5. The van der Waals surface area contributed by atoms with Crippen LogP contribution in [0.5, 0.6) is 0 Å². The summed E-state index contributed by atoms with van der Waals surface area (Å²) in [7, 11) is 0. The van der Waals surface area contributed by atoms with Crippen LogP contribution in [0.1, 0.15) is 14.6 Å². The average Bonchev–Trinajstić information content (AvgIpc) is 3.00. The number of anilines is 2. The van der Waals surface area contributed by atoms with E-state index in [0.29, 0.717) is 36.2 Å². The maximum Gasteiger partial charge on any atom is 0.0737 e. The highest BCUT2D eigenvalue weighted by Crippen LogP contribution is 2.32. The van der Waals surface area contributed by atoms with Gasteiger partial charge in [-0.3, -0.25) is 19.8 Å². The summed E-state index contributed by atoms with van der Waals surface area (Å²) in [5, 5.41) is 2.96. The van der Waals surface area contributed by atoms with Crippen LogP contribution in [0.4, 0.5) is 11.4 Å². The lowest BCUT2D eigenvalue weighted by atomic mass is 10.1. The lowest BCUT2D eigenvalue weighted by molar-refractivity contribution is 0.213. The van der Waals surface area contributed by atoms with Gasteiger partial charge in [-0.05, 0) is 61.8 Å². The largest absolute Gasteiger partial charge is 0.368 e. The van der Waals surface area contributed by atoms with Crippen molar-refractivity contribution in [3.05, 3.63) is 71.0 Å². The zero-order valence-electron chi connectivity index (χ0n) is 26.4. The molecule has 0 spiro atoms. The van der Waals surface area contributed by atoms with Crippen molar-refractivity contribution in [2.45, 2.75) is 6.37 Å². The summed E-state index contributed by atoms with van der Waals surface area (Å²) in [6.45, 7) is -2.39. The van der Waals surface area contributed by atoms with Crippen LogP contribution in [0.3, 0.4) is 0 Å². The third-order valence-corrected chi connectivity index (χ3v) is 7.59. The molecular formula is C29H32Cl2N6. The summed E-state index contributed by atoms with van der Waals surface area (Å²) < 4.78 is 53.3. The summed E-state index contributed by atoms with van der Waals surface area (Å²) in [6.07, 6.45) is 0.620. The number of halogens is 2. The minimum Gasteiger partial charge on any atom is -0.368 e. The number of pyridine rings is 2. The summed E-state index contributed by atoms with van der Waals surface area (Å²) >= 11 is 12.6. The van der Waals surface area contributed by atoms with E-state index in [9.17, 15) is 0 Å². The van der Waals surface area contributed by atoms with E-state index < -0.39 is 19.4 Å². The number of fused-ring (bicyclic) bond motifs is 2. The van der Waals surface area contributed by atoms with Crippen molar-refractivity contribution in [1.82, 2.24) is 19.8 Å². The molecule has 2 aliphatic heterocycles. The highest BCUT2D eigenvalue weighted by atomic mass is 35.5. The van der Waals surface area contributed by atoms with E-state index in [1.807, 2.05) is 42.5 Å². The highest BCUT2D eigenvalue weighted by Gasteiger charge is 2.21. The first-order chi connectivity index (χ1) is 20.4. The van der Waals surface area contributed by atoms with Gasteiger partial charge in [-0.1, -0.05) is 29.3 Å². The highest BCUT2D eigenvalue weighted by molar-refractivity contribution is 6.36. The zero-order chi connectivity index (χ0) is 30.6. The molecule has 2 saturated heterocycles. The van der Waals surface area contributed by atoms with E-state index >= 15 is 0 Å². The van der Waals surface area contributed by atoms with Crippen molar-refractivity contribution >= 4 is 56.4 Å². The second kappa shape index (κ2) is 11.0. The Hall–Kier alpha value is -2.64. The van der Waals surface area contributed by atoms with Crippen LogP contribution in [0, 0.1) is 0 Å². The van der Waals surface area contributed by atoms with Crippen LogP contribution in [-0.4, -0.2) is 85.1 Å². The fourth-order valence-corrected chi connectivity index (χ4v) is 5.52. The lowest BCUT2D eigenvalue weighted by Crippen LogP contribution is -2.48. The van der Waals surface area contributed by atoms with Crippen LogP contribution in [0.2, 0.25) is 10.0 Å². The molecule has 4 aromatic rings. The molecule has 0 unspecified atom stereocenters. The molecule has 0 N–H and O–H groups in total. The van der Waals surface area contributed by atoms with Crippen molar-refractivity contribution < 1.29 is 8.22 Å². The molecule has 6 nitrogen and oxygen atoms in total. The van der Waals surface area contributed by atoms with Crippen molar-refractivity contribution in [2.24, 2.45) is 0 Å². The monoisotopic (exact) mass is 540 g/mol. The topological polar surface area (TPSA) is 38.7 Å². The van der Waals surface area contributed by atoms with Crippen LogP contribution < -0.4 is 9.80 Å². The molecule has 2 fully saturated rings. The van der Waals surface area contributed by atoms with E-state index in [1.54, 1.807) is 18.5 Å². The average molecular weight is 542 g/mol. The summed E-state index contributed by atoms with van der Waals surface area (Å²) in [5.41, 5.74) is 3.40. The normalized spacial score (nSPS) is 21.2. The Morgan fingerprint density at radius 3 is 2.03 bits per heavy atom. The quantitative estimate of drug-likeness (QED) is 0.325. The molecule has 0 atom stereocenters. The molecule has 8 heteroatoms. The van der Waals surface area contributed by atoms with Gasteiger partial charge in [-0.25, -0.2) is 0 Å². The molecule has 0 aliphatic carbocycles. The van der Waals surface area contributed by atoms with Crippen molar-refractivity contribution in [3.8, 4) is 0 Å². The molecule has 2 aromatic carbocycles. The van der Waals surface area contributed by atoms with Crippen molar-refractivity contribution in [2.75, 3.05) is 75.2 Å². The van der Waals surface area contributed by atoms with Crippen molar-refractivity contribution in [1.29, 1.82) is 0 Å². The Morgan fingerprint density at radius 1 is 0.703 bits per heavy atom. The maximum atomic E-state index is 8.89. The number of rotatable bonds is 6. The Balaban J connectivity index is 1.14. The number of benzene rings is 2. The van der Waals surface area contributed by atoms with E-state index in [1.165, 1.54) is 9.80 Å². The second-order valence-electron chi connectivity index (χ2n) is 9.25. The van der Waals surface area contributed by atoms with Gasteiger partial charge in [0, 0.05) is 100 Å². The molecule has 37 heavy (non-hydrogen) atoms. The Bertz CT molecular complexity index is 1640. The molecular weight excluding hydrogens is 503 g/mol. The SMILES string of the molecule is [2H]C([2H])(N1CCN(c2ccnc3cc(Cl)ccc23)CC1)C([2H])([2H])C([2H])([2H])N1CCN(c2ccnc3cccc(Cl)c23)CC1. The predicted octanol–water partition coefficient (Wildman–Crippen LogP) is 5.42. The van der Waals surface area contributed by atoms with Gasteiger partial charge in [0.25, 0.3) is 0 Å².